The first kappa shape index (κ1) is 20.8. The molecule has 4 nitrogen and oxygen atoms in total. The first-order valence-electron chi connectivity index (χ1n) is 9.65. The normalized spacial score (nSPS) is 20.0. The Hall–Kier alpha value is -1.55. The van der Waals surface area contributed by atoms with E-state index in [1.54, 1.807) is 0 Å². The molecule has 0 fully saturated rings. The first-order valence-corrected chi connectivity index (χ1v) is 9.65. The van der Waals surface area contributed by atoms with E-state index < -0.39 is 5.60 Å². The molecule has 0 amide bonds. The molecule has 0 unspecified atom stereocenters. The van der Waals surface area contributed by atoms with Gasteiger partial charge < -0.3 is 14.9 Å². The molecule has 26 heavy (non-hydrogen) atoms. The fourth-order valence-electron chi connectivity index (χ4n) is 3.55. The minimum absolute atomic E-state index is 0.0585. The Kier molecular flexibility index (Phi) is 5.49. The van der Waals surface area contributed by atoms with Gasteiger partial charge in [-0.05, 0) is 35.3 Å². The predicted octanol–water partition coefficient (Wildman–Crippen LogP) is 4.68. The van der Waals surface area contributed by atoms with Gasteiger partial charge in [0.2, 0.25) is 5.90 Å². The Morgan fingerprint density at radius 3 is 2.00 bits per heavy atom. The Morgan fingerprint density at radius 1 is 1.04 bits per heavy atom. The lowest BCUT2D eigenvalue weighted by atomic mass is 9.79. The number of ether oxygens (including phenoxy) is 1. The van der Waals surface area contributed by atoms with Crippen molar-refractivity contribution < 1.29 is 14.9 Å². The summed E-state index contributed by atoms with van der Waals surface area (Å²) >= 11 is 0. The number of hydrogen-bond donors (Lipinski definition) is 2. The van der Waals surface area contributed by atoms with E-state index in [4.69, 9.17) is 4.74 Å². The van der Waals surface area contributed by atoms with Crippen LogP contribution in [0.15, 0.2) is 17.1 Å². The third-order valence-corrected chi connectivity index (χ3v) is 5.56. The van der Waals surface area contributed by atoms with E-state index in [2.05, 4.69) is 66.4 Å². The van der Waals surface area contributed by atoms with Gasteiger partial charge in [0, 0.05) is 5.56 Å². The molecule has 0 radical (unpaired) electrons. The highest BCUT2D eigenvalue weighted by Gasteiger charge is 2.44. The van der Waals surface area contributed by atoms with Crippen LogP contribution in [0.25, 0.3) is 0 Å². The fraction of sp³-hybridized carbons (Fsp3) is 0.682. The molecule has 1 aromatic rings. The van der Waals surface area contributed by atoms with Gasteiger partial charge in [0.1, 0.15) is 17.4 Å². The summed E-state index contributed by atoms with van der Waals surface area (Å²) in [7, 11) is 0. The van der Waals surface area contributed by atoms with Gasteiger partial charge in [0.05, 0.1) is 12.2 Å². The smallest absolute Gasteiger partial charge is 0.221 e. The lowest BCUT2D eigenvalue weighted by Crippen LogP contribution is -2.41. The second kappa shape index (κ2) is 6.88. The van der Waals surface area contributed by atoms with E-state index in [-0.39, 0.29) is 29.2 Å². The maximum atomic E-state index is 11.0. The molecule has 1 aliphatic rings. The van der Waals surface area contributed by atoms with Crippen LogP contribution in [0.1, 0.15) is 84.9 Å². The third kappa shape index (κ3) is 3.62. The molecular formula is C22H35NO3. The highest BCUT2D eigenvalue weighted by atomic mass is 16.5. The molecule has 0 bridgehead atoms. The van der Waals surface area contributed by atoms with Crippen LogP contribution >= 0.6 is 0 Å². The summed E-state index contributed by atoms with van der Waals surface area (Å²) in [5.74, 6) is 0.672. The summed E-state index contributed by atoms with van der Waals surface area (Å²) in [6.45, 7) is 16.8. The maximum absolute atomic E-state index is 11.0. The van der Waals surface area contributed by atoms with Gasteiger partial charge in [0.25, 0.3) is 0 Å². The van der Waals surface area contributed by atoms with E-state index in [9.17, 15) is 10.2 Å². The SMILES string of the molecule is CCC1(CC)OC(c2cc(C(C)(C)C)cc(C(C)(C)C)c2O)=N[C@H]1CO. The van der Waals surface area contributed by atoms with E-state index in [1.807, 2.05) is 6.07 Å². The molecule has 2 rings (SSSR count). The minimum Gasteiger partial charge on any atom is -0.507 e. The first-order chi connectivity index (χ1) is 11.9. The summed E-state index contributed by atoms with van der Waals surface area (Å²) < 4.78 is 6.28. The Balaban J connectivity index is 2.66. The number of hydrogen-bond acceptors (Lipinski definition) is 4. The molecule has 1 aromatic carbocycles. The van der Waals surface area contributed by atoms with Crippen molar-refractivity contribution in [2.75, 3.05) is 6.61 Å². The molecule has 0 saturated carbocycles. The van der Waals surface area contributed by atoms with Crippen LogP contribution in [0.4, 0.5) is 0 Å². The van der Waals surface area contributed by atoms with Crippen molar-refractivity contribution in [3.63, 3.8) is 0 Å². The number of nitrogens with zero attached hydrogens (tertiary/aromatic N) is 1. The molecule has 1 heterocycles. The van der Waals surface area contributed by atoms with Crippen LogP contribution in [0.3, 0.4) is 0 Å². The van der Waals surface area contributed by atoms with E-state index in [1.165, 1.54) is 0 Å². The zero-order valence-electron chi connectivity index (χ0n) is 17.6. The lowest BCUT2D eigenvalue weighted by molar-refractivity contribution is 0.0290. The highest BCUT2D eigenvalue weighted by molar-refractivity contribution is 5.99. The number of aliphatic hydroxyl groups excluding tert-OH is 1. The molecule has 2 N–H and O–H groups in total. The number of phenols is 1. The quantitative estimate of drug-likeness (QED) is 0.818. The molecule has 0 aromatic heterocycles. The minimum atomic E-state index is -0.504. The number of rotatable bonds is 4. The van der Waals surface area contributed by atoms with Gasteiger partial charge >= 0.3 is 0 Å². The largest absolute Gasteiger partial charge is 0.507 e. The van der Waals surface area contributed by atoms with Crippen molar-refractivity contribution >= 4 is 5.90 Å². The van der Waals surface area contributed by atoms with Gasteiger partial charge in [-0.25, -0.2) is 4.99 Å². The van der Waals surface area contributed by atoms with E-state index >= 15 is 0 Å². The van der Waals surface area contributed by atoms with Crippen LogP contribution in [0, 0.1) is 0 Å². The van der Waals surface area contributed by atoms with Crippen LogP contribution < -0.4 is 0 Å². The van der Waals surface area contributed by atoms with Crippen LogP contribution in [0.5, 0.6) is 5.75 Å². The zero-order chi connectivity index (χ0) is 19.9. The summed E-state index contributed by atoms with van der Waals surface area (Å²) in [5, 5.41) is 20.8. The summed E-state index contributed by atoms with van der Waals surface area (Å²) in [6, 6.07) is 3.77. The Morgan fingerprint density at radius 2 is 1.62 bits per heavy atom. The van der Waals surface area contributed by atoms with E-state index in [0.29, 0.717) is 11.5 Å². The van der Waals surface area contributed by atoms with Crippen LogP contribution in [-0.2, 0) is 15.6 Å². The second-order valence-electron chi connectivity index (χ2n) is 9.43. The van der Waals surface area contributed by atoms with Gasteiger partial charge in [-0.3, -0.25) is 0 Å². The zero-order valence-corrected chi connectivity index (χ0v) is 17.6. The van der Waals surface area contributed by atoms with Crippen molar-refractivity contribution in [1.82, 2.24) is 0 Å². The highest BCUT2D eigenvalue weighted by Crippen LogP contribution is 2.41. The average Bonchev–Trinajstić information content (AvgIpc) is 2.92. The standard InChI is InChI=1S/C22H35NO3/c1-9-22(10-2)17(13-24)23-19(26-22)15-11-14(20(3,4)5)12-16(18(15)25)21(6,7)8/h11-12,17,24-25H,9-10,13H2,1-8H3/t17-/m0/s1. The van der Waals surface area contributed by atoms with Crippen molar-refractivity contribution in [1.29, 1.82) is 0 Å². The van der Waals surface area contributed by atoms with Crippen molar-refractivity contribution in [3.8, 4) is 5.75 Å². The molecule has 1 atom stereocenters. The van der Waals surface area contributed by atoms with Gasteiger partial charge in [-0.1, -0.05) is 61.5 Å². The van der Waals surface area contributed by atoms with Crippen LogP contribution in [-0.4, -0.2) is 34.4 Å². The van der Waals surface area contributed by atoms with E-state index in [0.717, 1.165) is 24.0 Å². The Labute approximate surface area is 158 Å². The van der Waals surface area contributed by atoms with Crippen molar-refractivity contribution in [3.05, 3.63) is 28.8 Å². The number of phenolic OH excluding ortho intramolecular Hbond substituents is 1. The number of aliphatic hydroxyl groups is 1. The molecule has 0 aliphatic carbocycles. The second-order valence-corrected chi connectivity index (χ2v) is 9.43. The van der Waals surface area contributed by atoms with Crippen molar-refractivity contribution in [2.45, 2.75) is 90.7 Å². The number of benzene rings is 1. The molecule has 146 valence electrons. The topological polar surface area (TPSA) is 62.0 Å². The molecule has 0 spiro atoms. The van der Waals surface area contributed by atoms with Crippen LogP contribution in [0.2, 0.25) is 0 Å². The van der Waals surface area contributed by atoms with Gasteiger partial charge in [0.15, 0.2) is 0 Å². The average molecular weight is 362 g/mol. The summed E-state index contributed by atoms with van der Waals surface area (Å²) in [4.78, 5) is 4.66. The molecule has 4 heteroatoms. The lowest BCUT2D eigenvalue weighted by Gasteiger charge is -2.31. The summed E-state index contributed by atoms with van der Waals surface area (Å²) in [6.07, 6.45) is 1.52. The Bertz CT molecular complexity index is 689. The van der Waals surface area contributed by atoms with Crippen molar-refractivity contribution in [2.24, 2.45) is 4.99 Å². The number of aliphatic imine (C=N–C) groups is 1. The van der Waals surface area contributed by atoms with Gasteiger partial charge in [-0.2, -0.15) is 0 Å². The fourth-order valence-corrected chi connectivity index (χ4v) is 3.55. The maximum Gasteiger partial charge on any atom is 0.221 e. The van der Waals surface area contributed by atoms with Gasteiger partial charge in [-0.15, -0.1) is 0 Å². The summed E-state index contributed by atoms with van der Waals surface area (Å²) in [5.41, 5.74) is 1.87. The molecule has 1 aliphatic heterocycles. The predicted molar refractivity (Wildman–Crippen MR) is 107 cm³/mol. The molecular weight excluding hydrogens is 326 g/mol. The third-order valence-electron chi connectivity index (χ3n) is 5.56. The molecule has 0 saturated heterocycles. The number of aromatic hydroxyl groups is 1. The monoisotopic (exact) mass is 361 g/mol.